The molecule has 0 bridgehead atoms. The van der Waals surface area contributed by atoms with Crippen LogP contribution in [-0.2, 0) is 12.8 Å². The summed E-state index contributed by atoms with van der Waals surface area (Å²) in [5, 5.41) is 0.911. The summed E-state index contributed by atoms with van der Waals surface area (Å²) in [6, 6.07) is 0. The van der Waals surface area contributed by atoms with E-state index in [1.54, 1.807) is 11.8 Å². The van der Waals surface area contributed by atoms with Gasteiger partial charge in [-0.25, -0.2) is 9.97 Å². The third-order valence-corrected chi connectivity index (χ3v) is 3.90. The second-order valence-corrected chi connectivity index (χ2v) is 5.82. The molecule has 0 unspecified atom stereocenters. The Hall–Kier alpha value is -0.770. The largest absolute Gasteiger partial charge is 0.356 e. The Balaban J connectivity index is 3.29. The van der Waals surface area contributed by atoms with E-state index in [2.05, 4.69) is 38.9 Å². The Labute approximate surface area is 128 Å². The second kappa shape index (κ2) is 9.22. The molecule has 0 saturated carbocycles. The fraction of sp³-hybridized carbons (Fsp3) is 0.750. The number of rotatable bonds is 9. The van der Waals surface area contributed by atoms with Crippen LogP contribution in [0.25, 0.3) is 0 Å². The Bertz CT molecular complexity index is 401. The molecule has 0 radical (unpaired) electrons. The molecule has 0 amide bonds. The zero-order valence-corrected chi connectivity index (χ0v) is 14.5. The fourth-order valence-electron chi connectivity index (χ4n) is 2.51. The van der Waals surface area contributed by atoms with Crippen LogP contribution in [0, 0.1) is 0 Å². The fourth-order valence-corrected chi connectivity index (χ4v) is 2.89. The summed E-state index contributed by atoms with van der Waals surface area (Å²) in [5.41, 5.74) is 2.60. The van der Waals surface area contributed by atoms with Crippen LogP contribution in [0.3, 0.4) is 0 Å². The van der Waals surface area contributed by atoms with Gasteiger partial charge in [-0.1, -0.05) is 45.9 Å². The van der Waals surface area contributed by atoms with Gasteiger partial charge < -0.3 is 4.90 Å². The van der Waals surface area contributed by atoms with E-state index in [1.807, 2.05) is 0 Å². The van der Waals surface area contributed by atoms with Gasteiger partial charge in [0.05, 0.1) is 5.69 Å². The summed E-state index contributed by atoms with van der Waals surface area (Å²) in [7, 11) is 0. The van der Waals surface area contributed by atoms with Gasteiger partial charge in [-0.15, -0.1) is 0 Å². The van der Waals surface area contributed by atoms with E-state index < -0.39 is 0 Å². The van der Waals surface area contributed by atoms with Crippen molar-refractivity contribution < 1.29 is 0 Å². The first-order chi connectivity index (χ1) is 9.71. The zero-order valence-electron chi connectivity index (χ0n) is 13.7. The maximum Gasteiger partial charge on any atom is 0.189 e. The van der Waals surface area contributed by atoms with Crippen molar-refractivity contribution in [1.82, 2.24) is 9.97 Å². The second-order valence-electron chi connectivity index (χ2n) is 5.05. The molecule has 1 aromatic heterocycles. The van der Waals surface area contributed by atoms with Crippen molar-refractivity contribution in [3.05, 3.63) is 11.3 Å². The Kier molecular flexibility index (Phi) is 7.97. The lowest BCUT2D eigenvalue weighted by atomic mass is 10.1. The first-order valence-electron chi connectivity index (χ1n) is 7.90. The SMILES string of the molecule is CCCc1c(CC)nc(SC)nc1N(CCC)CCC. The molecule has 0 saturated heterocycles. The molecular weight excluding hydrogens is 266 g/mol. The van der Waals surface area contributed by atoms with Crippen LogP contribution in [0.2, 0.25) is 0 Å². The van der Waals surface area contributed by atoms with Gasteiger partial charge in [-0.3, -0.25) is 0 Å². The summed E-state index contributed by atoms with van der Waals surface area (Å²) in [5.74, 6) is 1.19. The van der Waals surface area contributed by atoms with Gasteiger partial charge >= 0.3 is 0 Å². The summed E-state index contributed by atoms with van der Waals surface area (Å²) in [4.78, 5) is 12.0. The quantitative estimate of drug-likeness (QED) is 0.500. The molecule has 0 atom stereocenters. The van der Waals surface area contributed by atoms with Gasteiger partial charge in [0.1, 0.15) is 5.82 Å². The molecule has 0 spiro atoms. The molecule has 0 aliphatic carbocycles. The standard InChI is InChI=1S/C16H29N3S/c1-6-10-13-14(9-4)17-16(20-5)18-15(13)19(11-7-2)12-8-3/h6-12H2,1-5H3. The third kappa shape index (κ3) is 4.37. The number of nitrogens with zero attached hydrogens (tertiary/aromatic N) is 3. The van der Waals surface area contributed by atoms with E-state index in [-0.39, 0.29) is 0 Å². The van der Waals surface area contributed by atoms with Crippen LogP contribution in [0.4, 0.5) is 5.82 Å². The first-order valence-corrected chi connectivity index (χ1v) is 9.12. The van der Waals surface area contributed by atoms with Gasteiger partial charge in [0.15, 0.2) is 5.16 Å². The number of thioether (sulfide) groups is 1. The van der Waals surface area contributed by atoms with Crippen molar-refractivity contribution in [3.63, 3.8) is 0 Å². The van der Waals surface area contributed by atoms with Crippen LogP contribution < -0.4 is 4.90 Å². The van der Waals surface area contributed by atoms with E-state index >= 15 is 0 Å². The van der Waals surface area contributed by atoms with Crippen LogP contribution in [-0.4, -0.2) is 29.3 Å². The number of aromatic nitrogens is 2. The van der Waals surface area contributed by atoms with Crippen LogP contribution in [0.5, 0.6) is 0 Å². The minimum atomic E-state index is 0.911. The summed E-state index contributed by atoms with van der Waals surface area (Å²) < 4.78 is 0. The van der Waals surface area contributed by atoms with Crippen molar-refractivity contribution in [2.45, 2.75) is 65.0 Å². The van der Waals surface area contributed by atoms with E-state index in [4.69, 9.17) is 9.97 Å². The first kappa shape index (κ1) is 17.3. The highest BCUT2D eigenvalue weighted by atomic mass is 32.2. The molecule has 4 heteroatoms. The van der Waals surface area contributed by atoms with Crippen molar-refractivity contribution >= 4 is 17.6 Å². The highest BCUT2D eigenvalue weighted by Crippen LogP contribution is 2.26. The van der Waals surface area contributed by atoms with Crippen molar-refractivity contribution in [2.24, 2.45) is 0 Å². The van der Waals surface area contributed by atoms with Gasteiger partial charge in [0.25, 0.3) is 0 Å². The topological polar surface area (TPSA) is 29.0 Å². The maximum absolute atomic E-state index is 4.83. The Morgan fingerprint density at radius 1 is 0.950 bits per heavy atom. The lowest BCUT2D eigenvalue weighted by Gasteiger charge is -2.26. The highest BCUT2D eigenvalue weighted by molar-refractivity contribution is 7.98. The smallest absolute Gasteiger partial charge is 0.189 e. The Morgan fingerprint density at radius 3 is 2.05 bits per heavy atom. The van der Waals surface area contributed by atoms with Gasteiger partial charge in [0.2, 0.25) is 0 Å². The minimum Gasteiger partial charge on any atom is -0.356 e. The molecule has 3 nitrogen and oxygen atoms in total. The molecule has 0 aromatic carbocycles. The minimum absolute atomic E-state index is 0.911. The van der Waals surface area contributed by atoms with E-state index in [1.165, 1.54) is 17.1 Å². The molecule has 0 aliphatic heterocycles. The molecule has 20 heavy (non-hydrogen) atoms. The van der Waals surface area contributed by atoms with Gasteiger partial charge in [-0.05, 0) is 31.9 Å². The molecule has 0 aliphatic rings. The van der Waals surface area contributed by atoms with Crippen LogP contribution >= 0.6 is 11.8 Å². The third-order valence-electron chi connectivity index (χ3n) is 3.35. The lowest BCUT2D eigenvalue weighted by Crippen LogP contribution is -2.28. The number of anilines is 1. The van der Waals surface area contributed by atoms with E-state index in [9.17, 15) is 0 Å². The molecular formula is C16H29N3S. The van der Waals surface area contributed by atoms with Crippen molar-refractivity contribution in [2.75, 3.05) is 24.2 Å². The monoisotopic (exact) mass is 295 g/mol. The van der Waals surface area contributed by atoms with Crippen molar-refractivity contribution in [1.29, 1.82) is 0 Å². The maximum atomic E-state index is 4.83. The zero-order chi connectivity index (χ0) is 15.0. The summed E-state index contributed by atoms with van der Waals surface area (Å²) in [6.45, 7) is 11.1. The number of hydrogen-bond donors (Lipinski definition) is 0. The van der Waals surface area contributed by atoms with Gasteiger partial charge in [-0.2, -0.15) is 0 Å². The lowest BCUT2D eigenvalue weighted by molar-refractivity contribution is 0.705. The van der Waals surface area contributed by atoms with Crippen LogP contribution in [0.15, 0.2) is 5.16 Å². The molecule has 114 valence electrons. The van der Waals surface area contributed by atoms with Crippen molar-refractivity contribution in [3.8, 4) is 0 Å². The van der Waals surface area contributed by atoms with E-state index in [0.717, 1.165) is 50.4 Å². The number of hydrogen-bond acceptors (Lipinski definition) is 4. The average molecular weight is 295 g/mol. The summed E-state index contributed by atoms with van der Waals surface area (Å²) in [6.07, 6.45) is 7.59. The summed E-state index contributed by atoms with van der Waals surface area (Å²) >= 11 is 1.64. The number of aryl methyl sites for hydroxylation is 1. The van der Waals surface area contributed by atoms with E-state index in [0.29, 0.717) is 0 Å². The highest BCUT2D eigenvalue weighted by Gasteiger charge is 2.17. The predicted octanol–water partition coefficient (Wildman–Crippen LogP) is 4.34. The Morgan fingerprint density at radius 2 is 1.60 bits per heavy atom. The normalized spacial score (nSPS) is 10.8. The molecule has 0 N–H and O–H groups in total. The molecule has 1 heterocycles. The predicted molar refractivity (Wildman–Crippen MR) is 90.0 cm³/mol. The molecule has 0 fully saturated rings. The van der Waals surface area contributed by atoms with Crippen LogP contribution in [0.1, 0.15) is 58.2 Å². The average Bonchev–Trinajstić information content (AvgIpc) is 2.47. The van der Waals surface area contributed by atoms with Gasteiger partial charge in [0, 0.05) is 18.7 Å². The molecule has 1 rings (SSSR count). The molecule has 1 aromatic rings.